The van der Waals surface area contributed by atoms with Crippen molar-refractivity contribution in [2.24, 2.45) is 0 Å². The molecule has 3 rings (SSSR count). The number of rotatable bonds is 5. The summed E-state index contributed by atoms with van der Waals surface area (Å²) in [5, 5.41) is 2.84. The fraction of sp³-hybridized carbons (Fsp3) is 0.174. The van der Waals surface area contributed by atoms with Crippen LogP contribution in [0.3, 0.4) is 0 Å². The van der Waals surface area contributed by atoms with Crippen molar-refractivity contribution in [3.05, 3.63) is 95.6 Å². The van der Waals surface area contributed by atoms with Crippen molar-refractivity contribution in [1.29, 1.82) is 0 Å². The van der Waals surface area contributed by atoms with Gasteiger partial charge in [0.05, 0.1) is 18.0 Å². The zero-order valence-electron chi connectivity index (χ0n) is 15.3. The number of benzene rings is 3. The molecule has 0 aliphatic heterocycles. The maximum atomic E-state index is 12.8. The molecule has 144 valence electrons. The summed E-state index contributed by atoms with van der Waals surface area (Å²) < 4.78 is 38.4. The van der Waals surface area contributed by atoms with Gasteiger partial charge in [-0.3, -0.25) is 4.79 Å². The second kappa shape index (κ2) is 8.30. The molecule has 1 atom stereocenters. The van der Waals surface area contributed by atoms with Crippen LogP contribution in [-0.2, 0) is 17.4 Å². The first-order valence-electron chi connectivity index (χ1n) is 8.94. The summed E-state index contributed by atoms with van der Waals surface area (Å²) in [5.41, 5.74) is 2.69. The van der Waals surface area contributed by atoms with Crippen LogP contribution in [0.1, 0.15) is 29.7 Å². The Balaban J connectivity index is 1.63. The molecule has 0 heterocycles. The molecule has 0 aliphatic carbocycles. The predicted molar refractivity (Wildman–Crippen MR) is 104 cm³/mol. The summed E-state index contributed by atoms with van der Waals surface area (Å²) in [6, 6.07) is 22.4. The van der Waals surface area contributed by atoms with Crippen LogP contribution in [0.25, 0.3) is 11.1 Å². The first kappa shape index (κ1) is 19.7. The predicted octanol–water partition coefficient (Wildman–Crippen LogP) is 5.79. The lowest BCUT2D eigenvalue weighted by Gasteiger charge is -2.15. The lowest BCUT2D eigenvalue weighted by Crippen LogP contribution is -2.28. The van der Waals surface area contributed by atoms with E-state index < -0.39 is 11.7 Å². The van der Waals surface area contributed by atoms with Gasteiger partial charge in [0.25, 0.3) is 0 Å². The Morgan fingerprint density at radius 1 is 0.893 bits per heavy atom. The van der Waals surface area contributed by atoms with Gasteiger partial charge in [-0.15, -0.1) is 0 Å². The smallest absolute Gasteiger partial charge is 0.349 e. The molecule has 1 amide bonds. The molecule has 3 aromatic rings. The van der Waals surface area contributed by atoms with Crippen LogP contribution in [0.5, 0.6) is 0 Å². The molecular weight excluding hydrogens is 363 g/mol. The highest BCUT2D eigenvalue weighted by Gasteiger charge is 2.30. The van der Waals surface area contributed by atoms with Gasteiger partial charge in [0.1, 0.15) is 0 Å². The van der Waals surface area contributed by atoms with Gasteiger partial charge in [-0.05, 0) is 35.2 Å². The van der Waals surface area contributed by atoms with Crippen molar-refractivity contribution in [2.45, 2.75) is 25.6 Å². The van der Waals surface area contributed by atoms with Gasteiger partial charge in [-0.1, -0.05) is 72.8 Å². The van der Waals surface area contributed by atoms with E-state index in [-0.39, 0.29) is 18.4 Å². The number of hydrogen-bond donors (Lipinski definition) is 1. The molecule has 0 saturated carbocycles. The van der Waals surface area contributed by atoms with E-state index in [0.29, 0.717) is 5.56 Å². The number of alkyl halides is 3. The van der Waals surface area contributed by atoms with Gasteiger partial charge >= 0.3 is 6.18 Å². The molecule has 28 heavy (non-hydrogen) atoms. The quantitative estimate of drug-likeness (QED) is 0.593. The van der Waals surface area contributed by atoms with Crippen molar-refractivity contribution < 1.29 is 18.0 Å². The summed E-state index contributed by atoms with van der Waals surface area (Å²) >= 11 is 0. The van der Waals surface area contributed by atoms with Crippen LogP contribution >= 0.6 is 0 Å². The third-order valence-electron chi connectivity index (χ3n) is 4.51. The van der Waals surface area contributed by atoms with Crippen molar-refractivity contribution in [1.82, 2.24) is 5.32 Å². The van der Waals surface area contributed by atoms with Crippen molar-refractivity contribution in [3.8, 4) is 11.1 Å². The maximum Gasteiger partial charge on any atom is 0.416 e. The Morgan fingerprint density at radius 3 is 2.18 bits per heavy atom. The molecule has 0 aromatic heterocycles. The molecule has 5 heteroatoms. The second-order valence-electron chi connectivity index (χ2n) is 6.65. The van der Waals surface area contributed by atoms with Gasteiger partial charge < -0.3 is 5.32 Å². The van der Waals surface area contributed by atoms with E-state index in [0.717, 1.165) is 28.8 Å². The van der Waals surface area contributed by atoms with E-state index >= 15 is 0 Å². The Bertz CT molecular complexity index is 934. The Hall–Kier alpha value is -3.08. The molecule has 0 unspecified atom stereocenters. The van der Waals surface area contributed by atoms with E-state index in [1.807, 2.05) is 61.5 Å². The first-order chi connectivity index (χ1) is 13.3. The molecule has 0 saturated heterocycles. The Labute approximate surface area is 162 Å². The van der Waals surface area contributed by atoms with E-state index in [1.54, 1.807) is 0 Å². The van der Waals surface area contributed by atoms with Gasteiger partial charge in [0.15, 0.2) is 0 Å². The van der Waals surface area contributed by atoms with Crippen molar-refractivity contribution >= 4 is 5.91 Å². The van der Waals surface area contributed by atoms with Gasteiger partial charge in [0.2, 0.25) is 5.91 Å². The Kier molecular flexibility index (Phi) is 5.83. The maximum absolute atomic E-state index is 12.8. The summed E-state index contributed by atoms with van der Waals surface area (Å²) in [4.78, 5) is 12.3. The minimum absolute atomic E-state index is 0.101. The highest BCUT2D eigenvalue weighted by atomic mass is 19.4. The molecule has 1 N–H and O–H groups in total. The standard InChI is InChI=1S/C23H20F3NO/c1-16(18-10-12-20(13-11-18)19-7-3-2-4-8-19)27-22(28)15-17-6-5-9-21(14-17)23(24,25)26/h2-14,16H,15H2,1H3,(H,27,28)/t16-/m0/s1. The van der Waals surface area contributed by atoms with Crippen LogP contribution < -0.4 is 5.32 Å². The van der Waals surface area contributed by atoms with E-state index in [9.17, 15) is 18.0 Å². The van der Waals surface area contributed by atoms with Crippen LogP contribution in [0.2, 0.25) is 0 Å². The van der Waals surface area contributed by atoms with Crippen LogP contribution in [0, 0.1) is 0 Å². The number of hydrogen-bond acceptors (Lipinski definition) is 1. The summed E-state index contributed by atoms with van der Waals surface area (Å²) in [6.07, 6.45) is -4.52. The van der Waals surface area contributed by atoms with E-state index in [2.05, 4.69) is 5.32 Å². The SMILES string of the molecule is C[C@H](NC(=O)Cc1cccc(C(F)(F)F)c1)c1ccc(-c2ccccc2)cc1. The number of carbonyl (C=O) groups is 1. The van der Waals surface area contributed by atoms with Crippen LogP contribution in [0.15, 0.2) is 78.9 Å². The van der Waals surface area contributed by atoms with Gasteiger partial charge in [0, 0.05) is 0 Å². The zero-order valence-corrected chi connectivity index (χ0v) is 15.3. The molecule has 2 nitrogen and oxygen atoms in total. The first-order valence-corrected chi connectivity index (χ1v) is 8.94. The van der Waals surface area contributed by atoms with Crippen molar-refractivity contribution in [2.75, 3.05) is 0 Å². The third kappa shape index (κ3) is 5.00. The van der Waals surface area contributed by atoms with E-state index in [1.165, 1.54) is 12.1 Å². The van der Waals surface area contributed by atoms with Crippen LogP contribution in [-0.4, -0.2) is 5.91 Å². The molecule has 3 aromatic carbocycles. The largest absolute Gasteiger partial charge is 0.416 e. The van der Waals surface area contributed by atoms with Crippen molar-refractivity contribution in [3.63, 3.8) is 0 Å². The average molecular weight is 383 g/mol. The van der Waals surface area contributed by atoms with E-state index in [4.69, 9.17) is 0 Å². The van der Waals surface area contributed by atoms with Gasteiger partial charge in [-0.25, -0.2) is 0 Å². The topological polar surface area (TPSA) is 29.1 Å². The molecule has 0 bridgehead atoms. The minimum Gasteiger partial charge on any atom is -0.349 e. The number of amides is 1. The minimum atomic E-state index is -4.42. The normalized spacial score (nSPS) is 12.4. The van der Waals surface area contributed by atoms with Crippen LogP contribution in [0.4, 0.5) is 13.2 Å². The zero-order chi connectivity index (χ0) is 20.1. The lowest BCUT2D eigenvalue weighted by molar-refractivity contribution is -0.137. The molecule has 0 radical (unpaired) electrons. The monoisotopic (exact) mass is 383 g/mol. The number of carbonyl (C=O) groups excluding carboxylic acids is 1. The fourth-order valence-electron chi connectivity index (χ4n) is 3.01. The molecular formula is C23H20F3NO. The highest BCUT2D eigenvalue weighted by Crippen LogP contribution is 2.29. The molecule has 0 aliphatic rings. The third-order valence-corrected chi connectivity index (χ3v) is 4.51. The average Bonchev–Trinajstić information content (AvgIpc) is 2.68. The Morgan fingerprint density at radius 2 is 1.54 bits per heavy atom. The molecule has 0 fully saturated rings. The summed E-state index contributed by atoms with van der Waals surface area (Å²) in [6.45, 7) is 1.85. The molecule has 0 spiro atoms. The fourth-order valence-corrected chi connectivity index (χ4v) is 3.01. The number of nitrogens with one attached hydrogen (secondary N) is 1. The summed E-state index contributed by atoms with van der Waals surface area (Å²) in [7, 11) is 0. The highest BCUT2D eigenvalue weighted by molar-refractivity contribution is 5.79. The summed E-state index contributed by atoms with van der Waals surface area (Å²) in [5.74, 6) is -0.320. The van der Waals surface area contributed by atoms with Gasteiger partial charge in [-0.2, -0.15) is 13.2 Å². The second-order valence-corrected chi connectivity index (χ2v) is 6.65. The lowest BCUT2D eigenvalue weighted by atomic mass is 10.0. The number of halogens is 3.